The number of alkyl carbamates (subject to hydrolysis) is 1. The van der Waals surface area contributed by atoms with E-state index in [1.165, 1.54) is 0 Å². The summed E-state index contributed by atoms with van der Waals surface area (Å²) in [6.45, 7) is 9.76. The zero-order valence-electron chi connectivity index (χ0n) is 14.1. The molecule has 8 heteroatoms. The van der Waals surface area contributed by atoms with Crippen LogP contribution in [0.2, 0.25) is 0 Å². The van der Waals surface area contributed by atoms with Crippen molar-refractivity contribution in [2.45, 2.75) is 58.8 Å². The molecule has 0 radical (unpaired) electrons. The second-order valence-electron chi connectivity index (χ2n) is 6.48. The van der Waals surface area contributed by atoms with E-state index in [0.717, 1.165) is 7.11 Å². The largest absolute Gasteiger partial charge is 0.509 e. The summed E-state index contributed by atoms with van der Waals surface area (Å²) in [5.74, 6) is -0.818. The molecule has 128 valence electrons. The highest BCUT2D eigenvalue weighted by Gasteiger charge is 2.28. The lowest BCUT2D eigenvalue weighted by molar-refractivity contribution is -0.152. The van der Waals surface area contributed by atoms with Crippen LogP contribution in [0.25, 0.3) is 0 Å². The fraction of sp³-hybridized carbons (Fsp3) is 0.786. The highest BCUT2D eigenvalue weighted by Crippen LogP contribution is 2.10. The number of amides is 1. The van der Waals surface area contributed by atoms with Crippen LogP contribution in [-0.2, 0) is 23.7 Å². The normalized spacial score (nSPS) is 12.9. The van der Waals surface area contributed by atoms with Gasteiger partial charge in [0.15, 0.2) is 0 Å². The van der Waals surface area contributed by atoms with E-state index in [0.29, 0.717) is 0 Å². The predicted molar refractivity (Wildman–Crippen MR) is 77.4 cm³/mol. The Morgan fingerprint density at radius 1 is 0.955 bits per heavy atom. The van der Waals surface area contributed by atoms with E-state index in [1.54, 1.807) is 41.5 Å². The SMILES string of the molecule is COC(=O)[C@H](CNC(=O)OC(C)(C)C)OC(=O)OC(C)(C)C. The van der Waals surface area contributed by atoms with E-state index in [4.69, 9.17) is 14.2 Å². The summed E-state index contributed by atoms with van der Waals surface area (Å²) in [7, 11) is 1.14. The van der Waals surface area contributed by atoms with Crippen molar-refractivity contribution in [3.63, 3.8) is 0 Å². The van der Waals surface area contributed by atoms with Crippen molar-refractivity contribution >= 4 is 18.2 Å². The van der Waals surface area contributed by atoms with E-state index in [1.807, 2.05) is 0 Å². The van der Waals surface area contributed by atoms with E-state index >= 15 is 0 Å². The summed E-state index contributed by atoms with van der Waals surface area (Å²) in [6.07, 6.45) is -3.10. The first kappa shape index (κ1) is 20.0. The molecule has 0 aromatic carbocycles. The molecule has 0 aliphatic rings. The molecule has 1 N–H and O–H groups in total. The van der Waals surface area contributed by atoms with Gasteiger partial charge in [-0.25, -0.2) is 14.4 Å². The minimum Gasteiger partial charge on any atom is -0.466 e. The Bertz CT molecular complexity index is 406. The Morgan fingerprint density at radius 3 is 1.86 bits per heavy atom. The van der Waals surface area contributed by atoms with Crippen LogP contribution in [0.15, 0.2) is 0 Å². The van der Waals surface area contributed by atoms with E-state index in [-0.39, 0.29) is 6.54 Å². The Morgan fingerprint density at radius 2 is 1.45 bits per heavy atom. The minimum atomic E-state index is -1.33. The van der Waals surface area contributed by atoms with Crippen LogP contribution in [-0.4, -0.2) is 49.2 Å². The average molecular weight is 319 g/mol. The zero-order chi connectivity index (χ0) is 17.6. The van der Waals surface area contributed by atoms with Crippen LogP contribution in [0, 0.1) is 0 Å². The Labute approximate surface area is 130 Å². The Kier molecular flexibility index (Phi) is 7.15. The molecule has 0 aliphatic carbocycles. The van der Waals surface area contributed by atoms with Crippen molar-refractivity contribution < 1.29 is 33.3 Å². The Hall–Kier alpha value is -1.99. The van der Waals surface area contributed by atoms with Crippen LogP contribution in [0.1, 0.15) is 41.5 Å². The average Bonchev–Trinajstić information content (AvgIpc) is 2.28. The number of carbonyl (C=O) groups is 3. The molecule has 1 amide bonds. The van der Waals surface area contributed by atoms with Gasteiger partial charge >= 0.3 is 18.2 Å². The van der Waals surface area contributed by atoms with Crippen molar-refractivity contribution in [2.24, 2.45) is 0 Å². The number of esters is 1. The molecular weight excluding hydrogens is 294 g/mol. The maximum absolute atomic E-state index is 11.6. The molecule has 0 bridgehead atoms. The van der Waals surface area contributed by atoms with Gasteiger partial charge in [0.05, 0.1) is 13.7 Å². The number of ether oxygens (including phenoxy) is 4. The number of methoxy groups -OCH3 is 1. The van der Waals surface area contributed by atoms with Gasteiger partial charge in [-0.2, -0.15) is 0 Å². The lowest BCUT2D eigenvalue weighted by atomic mass is 10.2. The lowest BCUT2D eigenvalue weighted by Gasteiger charge is -2.23. The fourth-order valence-electron chi connectivity index (χ4n) is 1.18. The van der Waals surface area contributed by atoms with E-state index in [2.05, 4.69) is 10.1 Å². The van der Waals surface area contributed by atoms with E-state index in [9.17, 15) is 14.4 Å². The quantitative estimate of drug-likeness (QED) is 0.625. The van der Waals surface area contributed by atoms with Crippen LogP contribution in [0.5, 0.6) is 0 Å². The predicted octanol–water partition coefficient (Wildman–Crippen LogP) is 2.00. The molecule has 22 heavy (non-hydrogen) atoms. The fourth-order valence-corrected chi connectivity index (χ4v) is 1.18. The number of rotatable bonds is 4. The molecule has 0 aromatic heterocycles. The van der Waals surface area contributed by atoms with Crippen LogP contribution < -0.4 is 5.32 Å². The first-order valence-electron chi connectivity index (χ1n) is 6.78. The number of hydrogen-bond donors (Lipinski definition) is 1. The first-order valence-corrected chi connectivity index (χ1v) is 6.78. The van der Waals surface area contributed by atoms with E-state index < -0.39 is 35.5 Å². The summed E-state index contributed by atoms with van der Waals surface area (Å²) >= 11 is 0. The first-order chi connectivity index (χ1) is 9.84. The minimum absolute atomic E-state index is 0.291. The Balaban J connectivity index is 4.57. The smallest absolute Gasteiger partial charge is 0.466 e. The second kappa shape index (κ2) is 7.86. The van der Waals surface area contributed by atoms with Gasteiger partial charge in [-0.3, -0.25) is 0 Å². The van der Waals surface area contributed by atoms with Crippen LogP contribution in [0.3, 0.4) is 0 Å². The zero-order valence-corrected chi connectivity index (χ0v) is 14.1. The molecule has 0 unspecified atom stereocenters. The van der Waals surface area contributed by atoms with Crippen molar-refractivity contribution in [1.29, 1.82) is 0 Å². The third-order valence-electron chi connectivity index (χ3n) is 1.92. The summed E-state index contributed by atoms with van der Waals surface area (Å²) in [6, 6.07) is 0. The molecule has 0 fully saturated rings. The molecule has 8 nitrogen and oxygen atoms in total. The van der Waals surface area contributed by atoms with Crippen molar-refractivity contribution in [2.75, 3.05) is 13.7 Å². The van der Waals surface area contributed by atoms with Crippen LogP contribution >= 0.6 is 0 Å². The topological polar surface area (TPSA) is 100 Å². The molecule has 0 rings (SSSR count). The molecule has 0 saturated heterocycles. The van der Waals surface area contributed by atoms with Crippen molar-refractivity contribution in [3.05, 3.63) is 0 Å². The van der Waals surface area contributed by atoms with Gasteiger partial charge < -0.3 is 24.3 Å². The standard InChI is InChI=1S/C14H25NO7/c1-13(2,3)21-11(17)15-8-9(10(16)19-7)20-12(18)22-14(4,5)6/h9H,8H2,1-7H3,(H,15,17)/t9-/m0/s1. The summed E-state index contributed by atoms with van der Waals surface area (Å²) in [5.41, 5.74) is -1.45. The third kappa shape index (κ3) is 9.84. The van der Waals surface area contributed by atoms with Crippen molar-refractivity contribution in [3.8, 4) is 0 Å². The summed E-state index contributed by atoms with van der Waals surface area (Å²) in [4.78, 5) is 34.7. The van der Waals surface area contributed by atoms with Gasteiger partial charge in [0.25, 0.3) is 0 Å². The van der Waals surface area contributed by atoms with Gasteiger partial charge in [0.1, 0.15) is 11.2 Å². The molecule has 0 saturated carbocycles. The molecular formula is C14H25NO7. The highest BCUT2D eigenvalue weighted by atomic mass is 16.7. The molecule has 1 atom stereocenters. The number of nitrogens with one attached hydrogen (secondary N) is 1. The number of carbonyl (C=O) groups excluding carboxylic acids is 3. The van der Waals surface area contributed by atoms with Crippen LogP contribution in [0.4, 0.5) is 9.59 Å². The summed E-state index contributed by atoms with van der Waals surface area (Å²) in [5, 5.41) is 2.33. The maximum Gasteiger partial charge on any atom is 0.509 e. The molecule has 0 heterocycles. The number of hydrogen-bond acceptors (Lipinski definition) is 7. The van der Waals surface area contributed by atoms with Crippen molar-refractivity contribution in [1.82, 2.24) is 5.32 Å². The monoisotopic (exact) mass is 319 g/mol. The van der Waals surface area contributed by atoms with Gasteiger partial charge in [-0.05, 0) is 41.5 Å². The van der Waals surface area contributed by atoms with Gasteiger partial charge in [-0.15, -0.1) is 0 Å². The molecule has 0 spiro atoms. The van der Waals surface area contributed by atoms with Gasteiger partial charge in [0.2, 0.25) is 6.10 Å². The van der Waals surface area contributed by atoms with Gasteiger partial charge in [-0.1, -0.05) is 0 Å². The highest BCUT2D eigenvalue weighted by molar-refractivity contribution is 5.78. The maximum atomic E-state index is 11.6. The third-order valence-corrected chi connectivity index (χ3v) is 1.92. The van der Waals surface area contributed by atoms with Gasteiger partial charge in [0, 0.05) is 0 Å². The molecule has 0 aliphatic heterocycles. The summed E-state index contributed by atoms with van der Waals surface area (Å²) < 4.78 is 19.3. The second-order valence-corrected chi connectivity index (χ2v) is 6.48. The lowest BCUT2D eigenvalue weighted by Crippen LogP contribution is -2.43. The molecule has 0 aromatic rings.